The summed E-state index contributed by atoms with van der Waals surface area (Å²) in [6, 6.07) is 8.47. The highest BCUT2D eigenvalue weighted by Gasteiger charge is 2.13. The van der Waals surface area contributed by atoms with Crippen LogP contribution in [0.3, 0.4) is 0 Å². The highest BCUT2D eigenvalue weighted by molar-refractivity contribution is 7.99. The smallest absolute Gasteiger partial charge is 0.207 e. The molecule has 0 unspecified atom stereocenters. The summed E-state index contributed by atoms with van der Waals surface area (Å²) < 4.78 is 26.9. The molecule has 0 radical (unpaired) electrons. The highest BCUT2D eigenvalue weighted by Crippen LogP contribution is 2.15. The lowest BCUT2D eigenvalue weighted by atomic mass is 10.2. The number of hydrogen-bond donors (Lipinski definition) is 1. The largest absolute Gasteiger partial charge is 0.240 e. The van der Waals surface area contributed by atoms with Crippen LogP contribution in [0.4, 0.5) is 0 Å². The minimum absolute atomic E-state index is 0.310. The van der Waals surface area contributed by atoms with Gasteiger partial charge in [0.15, 0.2) is 0 Å². The Morgan fingerprint density at radius 1 is 1.14 bits per heavy atom. The summed E-state index contributed by atoms with van der Waals surface area (Å²) in [6.45, 7) is 8.82. The SMILES string of the molecule is C/C(CNS(=O)(=O)c1ccccc1)=C(\C)CSCC(C)C. The second kappa shape index (κ2) is 8.61. The van der Waals surface area contributed by atoms with Crippen molar-refractivity contribution in [2.24, 2.45) is 5.92 Å². The minimum Gasteiger partial charge on any atom is -0.207 e. The van der Waals surface area contributed by atoms with E-state index < -0.39 is 10.0 Å². The van der Waals surface area contributed by atoms with Crippen LogP contribution in [0.25, 0.3) is 0 Å². The second-order valence-corrected chi connectivity index (χ2v) is 8.40. The Hall–Kier alpha value is -0.780. The maximum Gasteiger partial charge on any atom is 0.240 e. The molecule has 1 N–H and O–H groups in total. The van der Waals surface area contributed by atoms with Gasteiger partial charge in [-0.3, -0.25) is 0 Å². The lowest BCUT2D eigenvalue weighted by Gasteiger charge is -2.11. The zero-order chi connectivity index (χ0) is 15.9. The van der Waals surface area contributed by atoms with Gasteiger partial charge in [-0.15, -0.1) is 0 Å². The molecule has 0 aliphatic heterocycles. The van der Waals surface area contributed by atoms with Gasteiger partial charge in [0.05, 0.1) is 4.90 Å². The van der Waals surface area contributed by atoms with E-state index in [1.165, 1.54) is 5.57 Å². The van der Waals surface area contributed by atoms with Crippen molar-refractivity contribution >= 4 is 21.8 Å². The lowest BCUT2D eigenvalue weighted by molar-refractivity contribution is 0.584. The molecule has 0 amide bonds. The Morgan fingerprint density at radius 3 is 2.33 bits per heavy atom. The van der Waals surface area contributed by atoms with Crippen LogP contribution in [-0.4, -0.2) is 26.5 Å². The normalized spacial score (nSPS) is 13.4. The van der Waals surface area contributed by atoms with Crippen molar-refractivity contribution < 1.29 is 8.42 Å². The molecule has 0 bridgehead atoms. The van der Waals surface area contributed by atoms with E-state index in [9.17, 15) is 8.42 Å². The van der Waals surface area contributed by atoms with Crippen LogP contribution >= 0.6 is 11.8 Å². The van der Waals surface area contributed by atoms with E-state index in [4.69, 9.17) is 0 Å². The van der Waals surface area contributed by atoms with Crippen LogP contribution < -0.4 is 4.72 Å². The molecule has 0 aromatic heterocycles. The zero-order valence-electron chi connectivity index (χ0n) is 13.2. The molecule has 1 rings (SSSR count). The van der Waals surface area contributed by atoms with Gasteiger partial charge in [-0.1, -0.05) is 43.2 Å². The molecule has 0 heterocycles. The second-order valence-electron chi connectivity index (χ2n) is 5.61. The van der Waals surface area contributed by atoms with Gasteiger partial charge in [0, 0.05) is 12.3 Å². The van der Waals surface area contributed by atoms with E-state index in [-0.39, 0.29) is 0 Å². The lowest BCUT2D eigenvalue weighted by Crippen LogP contribution is -2.25. The summed E-state index contributed by atoms with van der Waals surface area (Å²) in [7, 11) is -3.41. The molecule has 1 aromatic carbocycles. The van der Waals surface area contributed by atoms with E-state index >= 15 is 0 Å². The Morgan fingerprint density at radius 2 is 1.76 bits per heavy atom. The summed E-state index contributed by atoms with van der Waals surface area (Å²) >= 11 is 1.89. The zero-order valence-corrected chi connectivity index (χ0v) is 14.9. The van der Waals surface area contributed by atoms with Gasteiger partial charge in [0.25, 0.3) is 0 Å². The molecule has 1 aromatic rings. The van der Waals surface area contributed by atoms with Crippen LogP contribution in [0.5, 0.6) is 0 Å². The average Bonchev–Trinajstić information content (AvgIpc) is 2.45. The molecule has 0 spiro atoms. The Balaban J connectivity index is 2.57. The predicted octanol–water partition coefficient (Wildman–Crippen LogP) is 3.69. The third kappa shape index (κ3) is 6.68. The van der Waals surface area contributed by atoms with Gasteiger partial charge in [0.2, 0.25) is 10.0 Å². The summed E-state index contributed by atoms with van der Waals surface area (Å²) in [6.07, 6.45) is 0. The number of benzene rings is 1. The summed E-state index contributed by atoms with van der Waals surface area (Å²) in [5.74, 6) is 2.76. The molecule has 5 heteroatoms. The summed E-state index contributed by atoms with van der Waals surface area (Å²) in [5.41, 5.74) is 2.34. The van der Waals surface area contributed by atoms with Crippen LogP contribution in [0.2, 0.25) is 0 Å². The van der Waals surface area contributed by atoms with Gasteiger partial charge in [-0.05, 0) is 37.7 Å². The van der Waals surface area contributed by atoms with Crippen LogP contribution in [0.1, 0.15) is 27.7 Å². The van der Waals surface area contributed by atoms with Gasteiger partial charge in [-0.2, -0.15) is 11.8 Å². The van der Waals surface area contributed by atoms with Crippen molar-refractivity contribution in [3.8, 4) is 0 Å². The van der Waals surface area contributed by atoms with Crippen molar-refractivity contribution in [2.45, 2.75) is 32.6 Å². The monoisotopic (exact) mass is 327 g/mol. The number of nitrogens with one attached hydrogen (secondary N) is 1. The van der Waals surface area contributed by atoms with Crippen molar-refractivity contribution in [3.05, 3.63) is 41.5 Å². The number of hydrogen-bond acceptors (Lipinski definition) is 3. The molecule has 0 fully saturated rings. The molecule has 0 aliphatic rings. The van der Waals surface area contributed by atoms with Gasteiger partial charge in [0.1, 0.15) is 0 Å². The Kier molecular flexibility index (Phi) is 7.49. The number of sulfonamides is 1. The first kappa shape index (κ1) is 18.3. The van der Waals surface area contributed by atoms with Crippen LogP contribution in [0, 0.1) is 5.92 Å². The first-order valence-electron chi connectivity index (χ1n) is 7.10. The predicted molar refractivity (Wildman–Crippen MR) is 92.2 cm³/mol. The maximum absolute atomic E-state index is 12.1. The number of thioether (sulfide) groups is 1. The summed E-state index contributed by atoms with van der Waals surface area (Å²) in [5, 5.41) is 0. The van der Waals surface area contributed by atoms with E-state index in [0.717, 1.165) is 17.1 Å². The molecule has 21 heavy (non-hydrogen) atoms. The van der Waals surface area contributed by atoms with E-state index in [1.807, 2.05) is 18.7 Å². The van der Waals surface area contributed by atoms with Crippen LogP contribution in [-0.2, 0) is 10.0 Å². The summed E-state index contributed by atoms with van der Waals surface area (Å²) in [4.78, 5) is 0.310. The Labute approximate surface area is 133 Å². The quantitative estimate of drug-likeness (QED) is 0.741. The molecule has 0 saturated heterocycles. The molecule has 0 atom stereocenters. The fourth-order valence-electron chi connectivity index (χ4n) is 1.61. The first-order chi connectivity index (χ1) is 9.83. The first-order valence-corrected chi connectivity index (χ1v) is 9.74. The van der Waals surface area contributed by atoms with Crippen LogP contribution in [0.15, 0.2) is 46.4 Å². The third-order valence-electron chi connectivity index (χ3n) is 3.08. The molecule has 3 nitrogen and oxygen atoms in total. The van der Waals surface area contributed by atoms with E-state index in [0.29, 0.717) is 17.4 Å². The van der Waals surface area contributed by atoms with Crippen molar-refractivity contribution in [1.29, 1.82) is 0 Å². The molecule has 0 saturated carbocycles. The molecule has 0 aliphatic carbocycles. The minimum atomic E-state index is -3.41. The third-order valence-corrected chi connectivity index (χ3v) is 6.04. The van der Waals surface area contributed by atoms with Gasteiger partial charge >= 0.3 is 0 Å². The fourth-order valence-corrected chi connectivity index (χ4v) is 3.84. The van der Waals surface area contributed by atoms with Crippen molar-refractivity contribution in [2.75, 3.05) is 18.1 Å². The maximum atomic E-state index is 12.1. The molecular weight excluding hydrogens is 302 g/mol. The van der Waals surface area contributed by atoms with E-state index in [1.54, 1.807) is 30.3 Å². The topological polar surface area (TPSA) is 46.2 Å². The standard InChI is InChI=1S/C16H25NO2S2/c1-13(2)11-20-12-15(4)14(3)10-17-21(18,19)16-8-6-5-7-9-16/h5-9,13,17H,10-12H2,1-4H3/b15-14-. The highest BCUT2D eigenvalue weighted by atomic mass is 32.2. The molecular formula is C16H25NO2S2. The number of rotatable bonds is 8. The fraction of sp³-hybridized carbons (Fsp3) is 0.500. The van der Waals surface area contributed by atoms with E-state index in [2.05, 4.69) is 25.5 Å². The van der Waals surface area contributed by atoms with Gasteiger partial charge < -0.3 is 0 Å². The van der Waals surface area contributed by atoms with Crippen molar-refractivity contribution in [1.82, 2.24) is 4.72 Å². The van der Waals surface area contributed by atoms with Gasteiger partial charge in [-0.25, -0.2) is 13.1 Å². The Bertz CT molecular complexity index is 563. The molecule has 118 valence electrons. The average molecular weight is 328 g/mol. The van der Waals surface area contributed by atoms with Crippen molar-refractivity contribution in [3.63, 3.8) is 0 Å².